The Balaban J connectivity index is 1.61. The van der Waals surface area contributed by atoms with Crippen LogP contribution in [0.15, 0.2) is 39.5 Å². The Hall–Kier alpha value is -3.71. The summed E-state index contributed by atoms with van der Waals surface area (Å²) in [5, 5.41) is 101. The largest absolute Gasteiger partial charge is 0.507 e. The summed E-state index contributed by atoms with van der Waals surface area (Å²) in [5.74, 6) is -3.14. The highest BCUT2D eigenvalue weighted by Gasteiger charge is 2.46. The Morgan fingerprint density at radius 3 is 2.05 bits per heavy atom. The Morgan fingerprint density at radius 1 is 0.744 bits per heavy atom. The maximum absolute atomic E-state index is 13.7. The molecule has 2 aromatic carbocycles. The molecule has 0 spiro atoms. The van der Waals surface area contributed by atoms with E-state index >= 15 is 0 Å². The van der Waals surface area contributed by atoms with Crippen LogP contribution in [0, 0.1) is 0 Å². The third-order valence-corrected chi connectivity index (χ3v) is 7.29. The van der Waals surface area contributed by atoms with Crippen LogP contribution in [-0.4, -0.2) is 119 Å². The summed E-state index contributed by atoms with van der Waals surface area (Å²) in [6.07, 6.45) is -15.9. The van der Waals surface area contributed by atoms with Crippen molar-refractivity contribution in [1.82, 2.24) is 0 Å². The van der Waals surface area contributed by atoms with Gasteiger partial charge >= 0.3 is 0 Å². The zero-order valence-electron chi connectivity index (χ0n) is 22.3. The number of aliphatic hydroxyl groups excluding tert-OH is 7. The Labute approximate surface area is 241 Å². The molecule has 16 heteroatoms. The smallest absolute Gasteiger partial charge is 0.239 e. The molecule has 0 amide bonds. The Kier molecular flexibility index (Phi) is 8.41. The molecule has 1 aromatic heterocycles. The van der Waals surface area contributed by atoms with E-state index < -0.39 is 108 Å². The third kappa shape index (κ3) is 5.55. The monoisotopic (exact) mass is 610 g/mol. The van der Waals surface area contributed by atoms with Gasteiger partial charge in [0, 0.05) is 17.7 Å². The Morgan fingerprint density at radius 2 is 1.40 bits per heavy atom. The van der Waals surface area contributed by atoms with Crippen LogP contribution < -0.4 is 14.9 Å². The van der Waals surface area contributed by atoms with Gasteiger partial charge in [-0.2, -0.15) is 0 Å². The summed E-state index contributed by atoms with van der Waals surface area (Å²) in [6.45, 7) is 0.650. The molecule has 43 heavy (non-hydrogen) atoms. The van der Waals surface area contributed by atoms with E-state index in [-0.39, 0.29) is 16.9 Å². The van der Waals surface area contributed by atoms with Gasteiger partial charge in [0.25, 0.3) is 0 Å². The molecular formula is C27H30O16. The fourth-order valence-corrected chi connectivity index (χ4v) is 4.81. The lowest BCUT2D eigenvalue weighted by atomic mass is 9.99. The van der Waals surface area contributed by atoms with Gasteiger partial charge in [-0.25, -0.2) is 0 Å². The van der Waals surface area contributed by atoms with E-state index in [0.29, 0.717) is 0 Å². The minimum absolute atomic E-state index is 0.0447. The fraction of sp³-hybridized carbons (Fsp3) is 0.444. The summed E-state index contributed by atoms with van der Waals surface area (Å²) in [4.78, 5) is 13.7. The second-order valence-corrected chi connectivity index (χ2v) is 10.2. The summed E-state index contributed by atoms with van der Waals surface area (Å²) >= 11 is 0. The second-order valence-electron chi connectivity index (χ2n) is 10.2. The maximum Gasteiger partial charge on any atom is 0.239 e. The molecule has 0 bridgehead atoms. The first-order chi connectivity index (χ1) is 20.3. The van der Waals surface area contributed by atoms with Crippen LogP contribution in [0.2, 0.25) is 0 Å². The van der Waals surface area contributed by atoms with Crippen molar-refractivity contribution in [2.24, 2.45) is 0 Å². The zero-order valence-corrected chi connectivity index (χ0v) is 22.3. The molecule has 2 aliphatic heterocycles. The minimum Gasteiger partial charge on any atom is -0.507 e. The first-order valence-electron chi connectivity index (χ1n) is 13.0. The number of aliphatic hydroxyl groups is 7. The molecule has 2 saturated heterocycles. The molecule has 3 heterocycles. The van der Waals surface area contributed by atoms with Crippen molar-refractivity contribution in [2.75, 3.05) is 6.61 Å². The molecule has 0 saturated carbocycles. The lowest BCUT2D eigenvalue weighted by molar-refractivity contribution is -0.277. The first kappa shape index (κ1) is 30.7. The van der Waals surface area contributed by atoms with Crippen LogP contribution in [0.4, 0.5) is 0 Å². The topological polar surface area (TPSA) is 269 Å². The van der Waals surface area contributed by atoms with Gasteiger partial charge in [-0.3, -0.25) is 4.79 Å². The quantitative estimate of drug-likeness (QED) is 0.135. The predicted molar refractivity (Wildman–Crippen MR) is 140 cm³/mol. The van der Waals surface area contributed by atoms with Gasteiger partial charge in [0.2, 0.25) is 23.8 Å². The normalized spacial score (nSPS) is 32.9. The number of aromatic hydroxyl groups is 3. The van der Waals surface area contributed by atoms with E-state index in [1.807, 2.05) is 0 Å². The number of ether oxygens (including phenoxy) is 4. The Bertz CT molecular complexity index is 1540. The summed E-state index contributed by atoms with van der Waals surface area (Å²) in [5.41, 5.74) is -1.40. The van der Waals surface area contributed by atoms with E-state index in [2.05, 4.69) is 0 Å². The van der Waals surface area contributed by atoms with Gasteiger partial charge in [0.1, 0.15) is 65.2 Å². The number of rotatable bonds is 6. The lowest BCUT2D eigenvalue weighted by Gasteiger charge is -2.39. The van der Waals surface area contributed by atoms with Crippen LogP contribution in [0.5, 0.6) is 28.7 Å². The van der Waals surface area contributed by atoms with E-state index in [1.165, 1.54) is 13.0 Å². The van der Waals surface area contributed by atoms with Gasteiger partial charge in [-0.1, -0.05) is 0 Å². The molecule has 2 fully saturated rings. The second kappa shape index (κ2) is 11.8. The SMILES string of the molecule is C[C@H]1O[C@@H](Oc2cc(O)c3c(=O)c(O[C@H]4O[C@@H](CO)[C@H](O)[C@H](O)[C@@H]4O)c(-c4ccc(O)c(O)c4)oc3c2)[C@H](O)[C@H](O)[C@H]1O. The molecule has 234 valence electrons. The van der Waals surface area contributed by atoms with Gasteiger partial charge in [-0.05, 0) is 25.1 Å². The molecule has 16 nitrogen and oxygen atoms in total. The van der Waals surface area contributed by atoms with Gasteiger partial charge in [0.15, 0.2) is 17.3 Å². The van der Waals surface area contributed by atoms with Crippen LogP contribution in [-0.2, 0) is 9.47 Å². The minimum atomic E-state index is -1.92. The van der Waals surface area contributed by atoms with Crippen molar-refractivity contribution < 1.29 is 74.4 Å². The summed E-state index contributed by atoms with van der Waals surface area (Å²) in [6, 6.07) is 5.43. The van der Waals surface area contributed by atoms with Crippen molar-refractivity contribution in [3.63, 3.8) is 0 Å². The van der Waals surface area contributed by atoms with Crippen molar-refractivity contribution >= 4 is 11.0 Å². The summed E-state index contributed by atoms with van der Waals surface area (Å²) < 4.78 is 27.8. The van der Waals surface area contributed by atoms with E-state index in [4.69, 9.17) is 23.4 Å². The molecule has 2 aliphatic rings. The van der Waals surface area contributed by atoms with Gasteiger partial charge in [-0.15, -0.1) is 0 Å². The molecule has 5 rings (SSSR count). The number of phenolic OH excluding ortho intramolecular Hbond substituents is 3. The van der Waals surface area contributed by atoms with Crippen LogP contribution in [0.3, 0.4) is 0 Å². The van der Waals surface area contributed by atoms with Crippen LogP contribution >= 0.6 is 0 Å². The van der Waals surface area contributed by atoms with Crippen molar-refractivity contribution in [1.29, 1.82) is 0 Å². The maximum atomic E-state index is 13.7. The van der Waals surface area contributed by atoms with Crippen LogP contribution in [0.1, 0.15) is 6.92 Å². The summed E-state index contributed by atoms with van der Waals surface area (Å²) in [7, 11) is 0. The van der Waals surface area contributed by atoms with Crippen molar-refractivity contribution in [2.45, 2.75) is 68.3 Å². The molecule has 0 radical (unpaired) electrons. The molecule has 3 aromatic rings. The van der Waals surface area contributed by atoms with Gasteiger partial charge in [0.05, 0.1) is 12.7 Å². The van der Waals surface area contributed by atoms with Crippen molar-refractivity contribution in [3.8, 4) is 40.1 Å². The van der Waals surface area contributed by atoms with E-state index in [9.17, 15) is 55.9 Å². The van der Waals surface area contributed by atoms with Crippen LogP contribution in [0.25, 0.3) is 22.3 Å². The number of hydrogen-bond acceptors (Lipinski definition) is 16. The zero-order chi connectivity index (χ0) is 31.3. The number of hydrogen-bond donors (Lipinski definition) is 10. The van der Waals surface area contributed by atoms with Gasteiger partial charge < -0.3 is 74.4 Å². The van der Waals surface area contributed by atoms with Crippen molar-refractivity contribution in [3.05, 3.63) is 40.6 Å². The molecule has 10 N–H and O–H groups in total. The molecular weight excluding hydrogens is 580 g/mol. The highest BCUT2D eigenvalue weighted by molar-refractivity contribution is 5.88. The van der Waals surface area contributed by atoms with E-state index in [0.717, 1.165) is 24.3 Å². The number of benzene rings is 2. The average Bonchev–Trinajstić information content (AvgIpc) is 2.97. The number of fused-ring (bicyclic) bond motifs is 1. The average molecular weight is 611 g/mol. The first-order valence-corrected chi connectivity index (χ1v) is 13.0. The molecule has 10 atom stereocenters. The lowest BCUT2D eigenvalue weighted by Crippen LogP contribution is -2.60. The highest BCUT2D eigenvalue weighted by atomic mass is 16.7. The van der Waals surface area contributed by atoms with E-state index in [1.54, 1.807) is 0 Å². The fourth-order valence-electron chi connectivity index (χ4n) is 4.81. The third-order valence-electron chi connectivity index (χ3n) is 7.29. The highest BCUT2D eigenvalue weighted by Crippen LogP contribution is 2.40. The number of phenols is 3. The molecule has 0 unspecified atom stereocenters. The molecule has 0 aliphatic carbocycles. The standard InChI is InChI=1S/C27H30O16/c1-8-17(32)20(35)22(37)26(39-8)40-10-5-13(31)16-14(6-10)41-24(9-2-3-11(29)12(30)4-9)25(19(16)34)43-27-23(38)21(36)18(33)15(7-28)42-27/h2-6,8,15,17-18,20-23,26-33,35-38H,7H2,1H3/t8-,15+,17+,18+,20-,21+,22-,23+,26+,27-/m1/s1. The predicted octanol–water partition coefficient (Wildman–Crippen LogP) is -2.04.